The zero-order valence-electron chi connectivity index (χ0n) is 13.3. The van der Waals surface area contributed by atoms with Crippen molar-refractivity contribution in [3.8, 4) is 5.75 Å². The van der Waals surface area contributed by atoms with E-state index in [0.29, 0.717) is 24.4 Å². The number of amides is 1. The summed E-state index contributed by atoms with van der Waals surface area (Å²) in [6.07, 6.45) is 0.416. The van der Waals surface area contributed by atoms with Crippen molar-refractivity contribution in [1.29, 1.82) is 0 Å². The van der Waals surface area contributed by atoms with E-state index in [1.807, 2.05) is 6.92 Å². The van der Waals surface area contributed by atoms with Gasteiger partial charge in [-0.2, -0.15) is 0 Å². The molecule has 1 N–H and O–H groups in total. The number of cyclic esters (lactones) is 1. The average Bonchev–Trinajstić information content (AvgIpc) is 2.92. The first kappa shape index (κ1) is 17.6. The first-order valence-electron chi connectivity index (χ1n) is 7.54. The molecular formula is C15H22N2O5S. The van der Waals surface area contributed by atoms with E-state index in [2.05, 4.69) is 4.72 Å². The molecule has 0 aromatic heterocycles. The van der Waals surface area contributed by atoms with Gasteiger partial charge in [0.05, 0.1) is 25.1 Å². The molecule has 0 saturated carbocycles. The Morgan fingerprint density at radius 2 is 2.22 bits per heavy atom. The number of rotatable bonds is 8. The monoisotopic (exact) mass is 342 g/mol. The van der Waals surface area contributed by atoms with E-state index >= 15 is 0 Å². The van der Waals surface area contributed by atoms with Crippen LogP contribution in [-0.4, -0.2) is 46.6 Å². The summed E-state index contributed by atoms with van der Waals surface area (Å²) in [6.45, 7) is 2.31. The van der Waals surface area contributed by atoms with Crippen molar-refractivity contribution < 1.29 is 22.7 Å². The van der Waals surface area contributed by atoms with Crippen LogP contribution in [0, 0.1) is 0 Å². The minimum Gasteiger partial charge on any atom is -0.497 e. The molecular weight excluding hydrogens is 320 g/mol. The van der Waals surface area contributed by atoms with Gasteiger partial charge >= 0.3 is 6.09 Å². The SMILES string of the molecule is CCCCS(=O)(=O)NCC1CN(c2cccc(OC)c2)C(=O)O1. The lowest BCUT2D eigenvalue weighted by Gasteiger charge is -2.14. The molecule has 7 nitrogen and oxygen atoms in total. The molecule has 1 saturated heterocycles. The Hall–Kier alpha value is -1.80. The van der Waals surface area contributed by atoms with Crippen LogP contribution in [-0.2, 0) is 14.8 Å². The summed E-state index contributed by atoms with van der Waals surface area (Å²) >= 11 is 0. The third-order valence-electron chi connectivity index (χ3n) is 3.54. The van der Waals surface area contributed by atoms with Gasteiger partial charge < -0.3 is 9.47 Å². The zero-order chi connectivity index (χ0) is 16.9. The fourth-order valence-corrected chi connectivity index (χ4v) is 3.50. The van der Waals surface area contributed by atoms with Gasteiger partial charge in [0, 0.05) is 12.6 Å². The summed E-state index contributed by atoms with van der Waals surface area (Å²) < 4.78 is 36.4. The molecule has 128 valence electrons. The summed E-state index contributed by atoms with van der Waals surface area (Å²) in [7, 11) is -1.77. The van der Waals surface area contributed by atoms with Gasteiger partial charge in [-0.25, -0.2) is 17.9 Å². The largest absolute Gasteiger partial charge is 0.497 e. The van der Waals surface area contributed by atoms with Crippen molar-refractivity contribution in [3.05, 3.63) is 24.3 Å². The maximum absolute atomic E-state index is 12.0. The number of ether oxygens (including phenoxy) is 2. The van der Waals surface area contributed by atoms with Gasteiger partial charge in [-0.15, -0.1) is 0 Å². The van der Waals surface area contributed by atoms with Crippen molar-refractivity contribution >= 4 is 21.8 Å². The fraction of sp³-hybridized carbons (Fsp3) is 0.533. The van der Waals surface area contributed by atoms with Crippen molar-refractivity contribution in [1.82, 2.24) is 4.72 Å². The van der Waals surface area contributed by atoms with E-state index in [1.54, 1.807) is 31.4 Å². The summed E-state index contributed by atoms with van der Waals surface area (Å²) in [4.78, 5) is 13.4. The molecule has 1 heterocycles. The molecule has 2 rings (SSSR count). The van der Waals surface area contributed by atoms with Crippen LogP contribution in [0.15, 0.2) is 24.3 Å². The number of sulfonamides is 1. The number of methoxy groups -OCH3 is 1. The Morgan fingerprint density at radius 3 is 2.91 bits per heavy atom. The number of unbranched alkanes of at least 4 members (excludes halogenated alkanes) is 1. The first-order chi connectivity index (χ1) is 10.9. The quantitative estimate of drug-likeness (QED) is 0.778. The Labute approximate surface area is 136 Å². The number of hydrogen-bond acceptors (Lipinski definition) is 5. The fourth-order valence-electron chi connectivity index (χ4n) is 2.24. The van der Waals surface area contributed by atoms with Gasteiger partial charge in [0.1, 0.15) is 11.9 Å². The van der Waals surface area contributed by atoms with E-state index in [9.17, 15) is 13.2 Å². The third kappa shape index (κ3) is 4.84. The number of nitrogens with zero attached hydrogens (tertiary/aromatic N) is 1. The molecule has 1 unspecified atom stereocenters. The minimum absolute atomic E-state index is 0.0816. The summed E-state index contributed by atoms with van der Waals surface area (Å²) in [5.74, 6) is 0.725. The van der Waals surface area contributed by atoms with Crippen molar-refractivity contribution in [2.24, 2.45) is 0 Å². The highest BCUT2D eigenvalue weighted by Crippen LogP contribution is 2.25. The molecule has 0 spiro atoms. The first-order valence-corrected chi connectivity index (χ1v) is 9.20. The maximum atomic E-state index is 12.0. The van der Waals surface area contributed by atoms with Crippen LogP contribution in [0.2, 0.25) is 0 Å². The van der Waals surface area contributed by atoms with E-state index < -0.39 is 22.2 Å². The molecule has 0 bridgehead atoms. The lowest BCUT2D eigenvalue weighted by molar-refractivity contribution is 0.143. The van der Waals surface area contributed by atoms with Crippen LogP contribution >= 0.6 is 0 Å². The van der Waals surface area contributed by atoms with Crippen LogP contribution < -0.4 is 14.4 Å². The van der Waals surface area contributed by atoms with Crippen LogP contribution in [0.4, 0.5) is 10.5 Å². The van der Waals surface area contributed by atoms with Crippen molar-refractivity contribution in [2.75, 3.05) is 30.9 Å². The van der Waals surface area contributed by atoms with E-state index in [-0.39, 0.29) is 12.3 Å². The standard InChI is InChI=1S/C15H22N2O5S/c1-3-4-8-23(19,20)16-10-14-11-17(15(18)22-14)12-6-5-7-13(9-12)21-2/h5-7,9,14,16H,3-4,8,10-11H2,1-2H3. The Morgan fingerprint density at radius 1 is 1.43 bits per heavy atom. The Bertz CT molecular complexity index is 647. The van der Waals surface area contributed by atoms with Crippen molar-refractivity contribution in [2.45, 2.75) is 25.9 Å². The van der Waals surface area contributed by atoms with Gasteiger partial charge in [-0.1, -0.05) is 19.4 Å². The normalized spacial score (nSPS) is 18.1. The van der Waals surface area contributed by atoms with Crippen LogP contribution in [0.25, 0.3) is 0 Å². The highest BCUT2D eigenvalue weighted by Gasteiger charge is 2.33. The van der Waals surface area contributed by atoms with Crippen molar-refractivity contribution in [3.63, 3.8) is 0 Å². The molecule has 8 heteroatoms. The Kier molecular flexibility index (Phi) is 5.84. The molecule has 1 atom stereocenters. The van der Waals surface area contributed by atoms with E-state index in [1.165, 1.54) is 4.90 Å². The second-order valence-corrected chi connectivity index (χ2v) is 7.27. The molecule has 1 aromatic rings. The smallest absolute Gasteiger partial charge is 0.414 e. The highest BCUT2D eigenvalue weighted by molar-refractivity contribution is 7.89. The molecule has 1 amide bonds. The maximum Gasteiger partial charge on any atom is 0.414 e. The molecule has 0 radical (unpaired) electrons. The van der Waals surface area contributed by atoms with E-state index in [0.717, 1.165) is 6.42 Å². The van der Waals surface area contributed by atoms with E-state index in [4.69, 9.17) is 9.47 Å². The van der Waals surface area contributed by atoms with Crippen LogP contribution in [0.3, 0.4) is 0 Å². The zero-order valence-corrected chi connectivity index (χ0v) is 14.1. The predicted molar refractivity (Wildman–Crippen MR) is 87.3 cm³/mol. The lowest BCUT2D eigenvalue weighted by atomic mass is 10.2. The number of nitrogens with one attached hydrogen (secondary N) is 1. The molecule has 1 aromatic carbocycles. The molecule has 1 aliphatic heterocycles. The minimum atomic E-state index is -3.32. The predicted octanol–water partition coefficient (Wildman–Crippen LogP) is 1.74. The Balaban J connectivity index is 1.94. The molecule has 0 aliphatic carbocycles. The lowest BCUT2D eigenvalue weighted by Crippen LogP contribution is -2.35. The topological polar surface area (TPSA) is 84.9 Å². The number of anilines is 1. The van der Waals surface area contributed by atoms with Crippen LogP contribution in [0.1, 0.15) is 19.8 Å². The molecule has 1 aliphatic rings. The summed E-state index contributed by atoms with van der Waals surface area (Å²) in [6, 6.07) is 7.07. The summed E-state index contributed by atoms with van der Waals surface area (Å²) in [5.41, 5.74) is 0.658. The third-order valence-corrected chi connectivity index (χ3v) is 4.97. The highest BCUT2D eigenvalue weighted by atomic mass is 32.2. The van der Waals surface area contributed by atoms with Gasteiger partial charge in [-0.05, 0) is 18.6 Å². The van der Waals surface area contributed by atoms with Gasteiger partial charge in [-0.3, -0.25) is 4.90 Å². The second-order valence-electron chi connectivity index (χ2n) is 5.34. The number of benzene rings is 1. The number of carbonyl (C=O) groups excluding carboxylic acids is 1. The van der Waals surface area contributed by atoms with Gasteiger partial charge in [0.2, 0.25) is 10.0 Å². The number of carbonyl (C=O) groups is 1. The molecule has 23 heavy (non-hydrogen) atoms. The molecule has 1 fully saturated rings. The summed E-state index contributed by atoms with van der Waals surface area (Å²) in [5, 5.41) is 0. The average molecular weight is 342 g/mol. The van der Waals surface area contributed by atoms with Crippen LogP contribution in [0.5, 0.6) is 5.75 Å². The second kappa shape index (κ2) is 7.65. The number of hydrogen-bond donors (Lipinski definition) is 1. The van der Waals surface area contributed by atoms with Gasteiger partial charge in [0.25, 0.3) is 0 Å². The van der Waals surface area contributed by atoms with Gasteiger partial charge in [0.15, 0.2) is 0 Å².